The highest BCUT2D eigenvalue weighted by molar-refractivity contribution is 6.23. The summed E-state index contributed by atoms with van der Waals surface area (Å²) in [5.74, 6) is 7.93. The highest BCUT2D eigenvalue weighted by atomic mass is 16.3. The van der Waals surface area contributed by atoms with E-state index in [-0.39, 0.29) is 5.92 Å². The van der Waals surface area contributed by atoms with E-state index in [4.69, 9.17) is 4.42 Å². The van der Waals surface area contributed by atoms with Crippen molar-refractivity contribution in [3.63, 3.8) is 0 Å². The third-order valence-corrected chi connectivity index (χ3v) is 11.1. The molecule has 2 aliphatic rings. The van der Waals surface area contributed by atoms with Crippen molar-refractivity contribution in [2.45, 2.75) is 11.8 Å². The van der Waals surface area contributed by atoms with E-state index < -0.39 is 5.41 Å². The second-order valence-electron chi connectivity index (χ2n) is 13.8. The van der Waals surface area contributed by atoms with Crippen molar-refractivity contribution in [1.29, 1.82) is 0 Å². The molecule has 0 aliphatic heterocycles. The Balaban J connectivity index is 1.19. The molecule has 7 aromatic carbocycles. The van der Waals surface area contributed by atoms with Crippen LogP contribution >= 0.6 is 0 Å². The number of fused-ring (bicyclic) bond motifs is 11. The van der Waals surface area contributed by atoms with Crippen LogP contribution in [0.2, 0.25) is 0 Å². The van der Waals surface area contributed by atoms with Crippen molar-refractivity contribution in [3.05, 3.63) is 185 Å². The molecule has 11 rings (SSSR count). The summed E-state index contributed by atoms with van der Waals surface area (Å²) in [6, 6.07) is 56.9. The molecule has 2 aromatic heterocycles. The first-order chi connectivity index (χ1) is 25.3. The Morgan fingerprint density at radius 2 is 1.33 bits per heavy atom. The Kier molecular flexibility index (Phi) is 5.95. The molecule has 2 unspecified atom stereocenters. The van der Waals surface area contributed by atoms with Crippen LogP contribution in [0.25, 0.3) is 72.7 Å². The lowest BCUT2D eigenvalue weighted by Crippen LogP contribution is -2.28. The van der Waals surface area contributed by atoms with Crippen molar-refractivity contribution in [3.8, 4) is 28.7 Å². The maximum absolute atomic E-state index is 6.60. The van der Waals surface area contributed by atoms with Gasteiger partial charge in [-0.25, -0.2) is 0 Å². The average Bonchev–Trinajstić information content (AvgIpc) is 3.83. The van der Waals surface area contributed by atoms with Crippen LogP contribution in [0.5, 0.6) is 0 Å². The van der Waals surface area contributed by atoms with E-state index in [1.807, 2.05) is 6.07 Å². The zero-order chi connectivity index (χ0) is 33.5. The molecule has 2 heterocycles. The van der Waals surface area contributed by atoms with Crippen molar-refractivity contribution >= 4 is 55.9 Å². The molecule has 0 fully saturated rings. The fourth-order valence-electron chi connectivity index (χ4n) is 8.81. The predicted molar refractivity (Wildman–Crippen MR) is 210 cm³/mol. The molecule has 0 spiro atoms. The Bertz CT molecular complexity index is 3080. The molecule has 2 heteroatoms. The quantitative estimate of drug-likeness (QED) is 0.171. The summed E-state index contributed by atoms with van der Waals surface area (Å²) < 4.78 is 9.01. The van der Waals surface area contributed by atoms with Crippen LogP contribution in [-0.4, -0.2) is 4.57 Å². The summed E-state index contributed by atoms with van der Waals surface area (Å²) in [5.41, 5.74) is 10.7. The lowest BCUT2D eigenvalue weighted by molar-refractivity contribution is 0.673. The standard InChI is InChI=1S/C49H31NO/c1-2-14-35(15-3-1)49(29-28-32-22-23-33-12-4-5-13-34(33)30-32)42-19-9-6-16-37(42)38-25-24-36(31-43(38)49)50-44-20-10-7-18-41(44)47-45(50)27-26-40-39-17-8-11-21-46(39)51-48(40)47/h1-21,23-27,30-32H,22H2. The van der Waals surface area contributed by atoms with Gasteiger partial charge in [-0.05, 0) is 81.1 Å². The third kappa shape index (κ3) is 4.01. The van der Waals surface area contributed by atoms with Gasteiger partial charge in [0.05, 0.1) is 16.4 Å². The lowest BCUT2D eigenvalue weighted by Gasteiger charge is -2.28. The molecule has 0 bridgehead atoms. The summed E-state index contributed by atoms with van der Waals surface area (Å²) in [7, 11) is 0. The molecule has 0 saturated carbocycles. The van der Waals surface area contributed by atoms with E-state index in [0.29, 0.717) is 0 Å². The summed E-state index contributed by atoms with van der Waals surface area (Å²) in [6.07, 6.45) is 5.58. The maximum Gasteiger partial charge on any atom is 0.145 e. The Morgan fingerprint density at radius 3 is 2.25 bits per heavy atom. The first-order valence-electron chi connectivity index (χ1n) is 17.7. The van der Waals surface area contributed by atoms with Crippen LogP contribution in [0, 0.1) is 17.8 Å². The molecule has 0 N–H and O–H groups in total. The summed E-state index contributed by atoms with van der Waals surface area (Å²) in [6.45, 7) is 0. The number of rotatable bonds is 2. The minimum absolute atomic E-state index is 0.128. The van der Waals surface area contributed by atoms with Crippen LogP contribution in [0.4, 0.5) is 0 Å². The summed E-state index contributed by atoms with van der Waals surface area (Å²) >= 11 is 0. The fourth-order valence-corrected chi connectivity index (χ4v) is 8.81. The summed E-state index contributed by atoms with van der Waals surface area (Å²) in [4.78, 5) is 0. The van der Waals surface area contributed by atoms with Gasteiger partial charge in [0.1, 0.15) is 16.6 Å². The molecule has 2 aliphatic carbocycles. The monoisotopic (exact) mass is 649 g/mol. The molecule has 0 radical (unpaired) electrons. The van der Waals surface area contributed by atoms with Gasteiger partial charge in [-0.15, -0.1) is 0 Å². The van der Waals surface area contributed by atoms with E-state index >= 15 is 0 Å². The van der Waals surface area contributed by atoms with E-state index in [0.717, 1.165) is 50.5 Å². The number of aromatic nitrogens is 1. The van der Waals surface area contributed by atoms with Crippen molar-refractivity contribution in [1.82, 2.24) is 4.57 Å². The first-order valence-corrected chi connectivity index (χ1v) is 17.7. The smallest absolute Gasteiger partial charge is 0.145 e. The number of hydrogen-bond donors (Lipinski definition) is 0. The minimum atomic E-state index is -0.640. The third-order valence-electron chi connectivity index (χ3n) is 11.1. The number of para-hydroxylation sites is 2. The molecule has 238 valence electrons. The Morgan fingerprint density at radius 1 is 0.588 bits per heavy atom. The van der Waals surface area contributed by atoms with Gasteiger partial charge in [-0.2, -0.15) is 0 Å². The van der Waals surface area contributed by atoms with E-state index in [9.17, 15) is 0 Å². The Labute approximate surface area is 295 Å². The number of nitrogens with zero attached hydrogens (tertiary/aromatic N) is 1. The van der Waals surface area contributed by atoms with Gasteiger partial charge in [-0.1, -0.05) is 145 Å². The molecule has 0 amide bonds. The Hall–Kier alpha value is -6.56. The molecule has 0 saturated heterocycles. The zero-order valence-electron chi connectivity index (χ0n) is 27.8. The van der Waals surface area contributed by atoms with Gasteiger partial charge >= 0.3 is 0 Å². The van der Waals surface area contributed by atoms with Gasteiger partial charge in [0.15, 0.2) is 0 Å². The van der Waals surface area contributed by atoms with Gasteiger partial charge in [0.25, 0.3) is 0 Å². The molecular weight excluding hydrogens is 619 g/mol. The van der Waals surface area contributed by atoms with Gasteiger partial charge < -0.3 is 8.98 Å². The fraction of sp³-hybridized carbons (Fsp3) is 0.0612. The number of furan rings is 1. The lowest BCUT2D eigenvalue weighted by atomic mass is 9.72. The van der Waals surface area contributed by atoms with Gasteiger partial charge in [-0.3, -0.25) is 0 Å². The SMILES string of the molecule is C(#CC1(c2ccccc2)c2ccccc2-c2ccc(-n3c4ccccc4c4c5oc6ccccc6c5ccc43)cc21)C1C=c2ccccc2=CC1. The van der Waals surface area contributed by atoms with Crippen molar-refractivity contribution < 1.29 is 4.42 Å². The van der Waals surface area contributed by atoms with E-state index in [1.165, 1.54) is 43.6 Å². The number of benzene rings is 7. The zero-order valence-corrected chi connectivity index (χ0v) is 27.8. The molecule has 9 aromatic rings. The van der Waals surface area contributed by atoms with Crippen molar-refractivity contribution in [2.75, 3.05) is 0 Å². The largest absolute Gasteiger partial charge is 0.455 e. The van der Waals surface area contributed by atoms with Gasteiger partial charge in [0, 0.05) is 27.8 Å². The molecule has 2 nitrogen and oxygen atoms in total. The van der Waals surface area contributed by atoms with Crippen LogP contribution < -0.4 is 10.4 Å². The van der Waals surface area contributed by atoms with Crippen LogP contribution in [0.1, 0.15) is 23.1 Å². The van der Waals surface area contributed by atoms with Crippen molar-refractivity contribution in [2.24, 2.45) is 5.92 Å². The normalized spacial score (nSPS) is 17.4. The maximum atomic E-state index is 6.60. The second-order valence-corrected chi connectivity index (χ2v) is 13.8. The minimum Gasteiger partial charge on any atom is -0.455 e. The van der Waals surface area contributed by atoms with E-state index in [2.05, 4.69) is 180 Å². The second kappa shape index (κ2) is 10.7. The van der Waals surface area contributed by atoms with E-state index in [1.54, 1.807) is 0 Å². The highest BCUT2D eigenvalue weighted by Gasteiger charge is 2.44. The summed E-state index contributed by atoms with van der Waals surface area (Å²) in [5, 5.41) is 7.16. The first kappa shape index (κ1) is 28.3. The molecule has 2 atom stereocenters. The van der Waals surface area contributed by atoms with Crippen LogP contribution in [0.15, 0.2) is 162 Å². The number of hydrogen-bond acceptors (Lipinski definition) is 1. The molecular formula is C49H31NO. The predicted octanol–water partition coefficient (Wildman–Crippen LogP) is 10.3. The van der Waals surface area contributed by atoms with Gasteiger partial charge in [0.2, 0.25) is 0 Å². The van der Waals surface area contributed by atoms with Crippen LogP contribution in [0.3, 0.4) is 0 Å². The van der Waals surface area contributed by atoms with Crippen LogP contribution in [-0.2, 0) is 5.41 Å². The molecule has 51 heavy (non-hydrogen) atoms. The average molecular weight is 650 g/mol. The topological polar surface area (TPSA) is 18.1 Å². The highest BCUT2D eigenvalue weighted by Crippen LogP contribution is 2.53.